The average Bonchev–Trinajstić information content (AvgIpc) is 2.88. The first-order chi connectivity index (χ1) is 18.2. The number of nitrogens with one attached hydrogen (secondary N) is 1. The van der Waals surface area contributed by atoms with Crippen LogP contribution in [-0.4, -0.2) is 28.4 Å². The highest BCUT2D eigenvalue weighted by molar-refractivity contribution is 6.39. The maximum atomic E-state index is 16.1. The molecule has 0 bridgehead atoms. The molecule has 200 valence electrons. The fraction of sp³-hybridized carbons (Fsp3) is 0.286. The van der Waals surface area contributed by atoms with Crippen molar-refractivity contribution in [3.63, 3.8) is 0 Å². The first-order valence-electron chi connectivity index (χ1n) is 12.2. The van der Waals surface area contributed by atoms with Gasteiger partial charge in [0.25, 0.3) is 0 Å². The van der Waals surface area contributed by atoms with Crippen molar-refractivity contribution in [3.8, 4) is 17.2 Å². The molecule has 6 nitrogen and oxygen atoms in total. The van der Waals surface area contributed by atoms with Crippen molar-refractivity contribution in [2.24, 2.45) is 0 Å². The second kappa shape index (κ2) is 11.6. The van der Waals surface area contributed by atoms with E-state index < -0.39 is 68.4 Å². The summed E-state index contributed by atoms with van der Waals surface area (Å²) in [4.78, 5) is 26.5. The number of hydrogen-bond acceptors (Lipinski definition) is 6. The fourth-order valence-corrected chi connectivity index (χ4v) is 4.92. The number of ketones is 2. The molecule has 1 aliphatic rings. The molecule has 0 saturated heterocycles. The molecule has 0 heterocycles. The highest BCUT2D eigenvalue weighted by atomic mass is 35.5. The van der Waals surface area contributed by atoms with E-state index in [2.05, 4.69) is 12.2 Å². The van der Waals surface area contributed by atoms with Crippen LogP contribution in [0.4, 0.5) is 20.2 Å². The Bertz CT molecular complexity index is 1410. The first kappa shape index (κ1) is 27.7. The molecule has 0 atom stereocenters. The van der Waals surface area contributed by atoms with Gasteiger partial charge in [0.1, 0.15) is 17.2 Å². The topological polar surface area (TPSA) is 95.9 Å². The zero-order chi connectivity index (χ0) is 27.6. The molecule has 4 rings (SSSR count). The van der Waals surface area contributed by atoms with Crippen LogP contribution >= 0.6 is 23.2 Å². The molecule has 0 aromatic heterocycles. The van der Waals surface area contributed by atoms with Crippen LogP contribution in [-0.2, 0) is 0 Å². The summed E-state index contributed by atoms with van der Waals surface area (Å²) in [6.07, 6.45) is 5.51. The third kappa shape index (κ3) is 5.02. The molecule has 38 heavy (non-hydrogen) atoms. The molecule has 3 aromatic rings. The van der Waals surface area contributed by atoms with E-state index >= 15 is 8.78 Å². The number of aromatic hydroxyl groups is 2. The molecule has 0 radical (unpaired) electrons. The molecular weight excluding hydrogens is 539 g/mol. The van der Waals surface area contributed by atoms with Gasteiger partial charge in [0.05, 0.1) is 44.6 Å². The lowest BCUT2D eigenvalue weighted by Crippen LogP contribution is -2.25. The summed E-state index contributed by atoms with van der Waals surface area (Å²) in [5.41, 5.74) is -3.57. The minimum atomic E-state index is -1.29. The van der Waals surface area contributed by atoms with Gasteiger partial charge in [0.2, 0.25) is 11.6 Å². The smallest absolute Gasteiger partial charge is 0.201 e. The number of benzene rings is 3. The maximum Gasteiger partial charge on any atom is 0.201 e. The molecule has 0 spiro atoms. The predicted octanol–water partition coefficient (Wildman–Crippen LogP) is 7.94. The predicted molar refractivity (Wildman–Crippen MR) is 142 cm³/mol. The van der Waals surface area contributed by atoms with Gasteiger partial charge in [-0.15, -0.1) is 0 Å². The van der Waals surface area contributed by atoms with Crippen molar-refractivity contribution in [3.05, 3.63) is 74.3 Å². The van der Waals surface area contributed by atoms with Crippen molar-refractivity contribution in [2.45, 2.75) is 45.4 Å². The number of anilines is 2. The number of halogens is 4. The lowest BCUT2D eigenvalue weighted by Gasteiger charge is -2.24. The molecule has 0 aliphatic heterocycles. The van der Waals surface area contributed by atoms with Crippen molar-refractivity contribution in [1.82, 2.24) is 0 Å². The van der Waals surface area contributed by atoms with Crippen molar-refractivity contribution < 1.29 is 33.3 Å². The Morgan fingerprint density at radius 1 is 0.763 bits per heavy atom. The third-order valence-corrected chi connectivity index (χ3v) is 6.99. The Labute approximate surface area is 228 Å². The second-order valence-electron chi connectivity index (χ2n) is 8.93. The van der Waals surface area contributed by atoms with E-state index in [9.17, 15) is 19.8 Å². The highest BCUT2D eigenvalue weighted by Gasteiger charge is 2.42. The zero-order valence-electron chi connectivity index (χ0n) is 20.5. The molecule has 0 saturated carbocycles. The van der Waals surface area contributed by atoms with Crippen LogP contribution in [0.1, 0.15) is 77.3 Å². The van der Waals surface area contributed by atoms with Crippen molar-refractivity contribution in [1.29, 1.82) is 0 Å². The molecule has 3 N–H and O–H groups in total. The number of phenols is 2. The van der Waals surface area contributed by atoms with Crippen LogP contribution in [0.15, 0.2) is 30.3 Å². The third-order valence-electron chi connectivity index (χ3n) is 6.36. The monoisotopic (exact) mass is 563 g/mol. The Hall–Kier alpha value is -3.36. The van der Waals surface area contributed by atoms with E-state index in [4.69, 9.17) is 27.9 Å². The lowest BCUT2D eigenvalue weighted by atomic mass is 9.82. The summed E-state index contributed by atoms with van der Waals surface area (Å²) >= 11 is 12.5. The first-order valence-corrected chi connectivity index (χ1v) is 13.0. The van der Waals surface area contributed by atoms with Crippen molar-refractivity contribution >= 4 is 46.1 Å². The number of carbonyl (C=O) groups excluding carboxylic acids is 2. The quantitative estimate of drug-likeness (QED) is 0.134. The van der Waals surface area contributed by atoms with Gasteiger partial charge in [-0.1, -0.05) is 68.3 Å². The fourth-order valence-electron chi connectivity index (χ4n) is 4.43. The number of fused-ring (bicyclic) bond motifs is 2. The molecule has 3 aromatic carbocycles. The zero-order valence-corrected chi connectivity index (χ0v) is 22.0. The van der Waals surface area contributed by atoms with Crippen LogP contribution in [0.2, 0.25) is 10.0 Å². The van der Waals surface area contributed by atoms with E-state index in [-0.39, 0.29) is 22.3 Å². The van der Waals surface area contributed by atoms with Crippen LogP contribution in [0, 0.1) is 11.6 Å². The molecule has 10 heteroatoms. The van der Waals surface area contributed by atoms with Gasteiger partial charge in [-0.05, 0) is 30.7 Å². The van der Waals surface area contributed by atoms with Gasteiger partial charge in [-0.3, -0.25) is 9.59 Å². The molecule has 0 fully saturated rings. The van der Waals surface area contributed by atoms with Crippen LogP contribution < -0.4 is 10.1 Å². The summed E-state index contributed by atoms with van der Waals surface area (Å²) in [6, 6.07) is 6.49. The number of phenolic OH excluding ortho intramolecular Hbond substituents is 2. The number of rotatable bonds is 10. The van der Waals surface area contributed by atoms with Gasteiger partial charge in [-0.25, -0.2) is 8.78 Å². The Balaban J connectivity index is 1.83. The van der Waals surface area contributed by atoms with Crippen LogP contribution in [0.3, 0.4) is 0 Å². The van der Waals surface area contributed by atoms with E-state index in [0.717, 1.165) is 44.2 Å². The maximum absolute atomic E-state index is 16.1. The van der Waals surface area contributed by atoms with Gasteiger partial charge < -0.3 is 20.3 Å². The summed E-state index contributed by atoms with van der Waals surface area (Å²) in [6.45, 7) is 2.11. The van der Waals surface area contributed by atoms with Gasteiger partial charge in [0, 0.05) is 0 Å². The summed E-state index contributed by atoms with van der Waals surface area (Å²) in [5, 5.41) is 23.3. The van der Waals surface area contributed by atoms with Crippen LogP contribution in [0.5, 0.6) is 17.2 Å². The number of hydrogen-bond donors (Lipinski definition) is 3. The second-order valence-corrected chi connectivity index (χ2v) is 9.75. The summed E-state index contributed by atoms with van der Waals surface area (Å²) in [5.74, 6) is -6.85. The SMILES string of the molecule is CCCCCCCCOc1c(F)c2c(c(F)c1Nc1c(Cl)cccc1Cl)C(=O)c1c(O)ccc(O)c1C2=O. The highest BCUT2D eigenvalue weighted by Crippen LogP contribution is 2.46. The number of ether oxygens (including phenoxy) is 1. The molecular formula is C28H25Cl2F2NO5. The minimum Gasteiger partial charge on any atom is -0.507 e. The van der Waals surface area contributed by atoms with Crippen molar-refractivity contribution in [2.75, 3.05) is 11.9 Å². The van der Waals surface area contributed by atoms with Gasteiger partial charge >= 0.3 is 0 Å². The molecule has 0 amide bonds. The minimum absolute atomic E-state index is 0.0109. The Morgan fingerprint density at radius 2 is 1.29 bits per heavy atom. The largest absolute Gasteiger partial charge is 0.507 e. The number of unbranched alkanes of at least 4 members (excludes halogenated alkanes) is 5. The normalized spacial score (nSPS) is 12.3. The van der Waals surface area contributed by atoms with E-state index in [0.29, 0.717) is 6.42 Å². The lowest BCUT2D eigenvalue weighted by molar-refractivity contribution is 0.0966. The Kier molecular flexibility index (Phi) is 8.43. The standard InChI is InChI=1S/C28H25Cl2F2NO5/c1-2-3-4-5-6-7-13-38-28-23(32)21-20(22(31)25(28)33-24-14(29)9-8-10-15(24)30)26(36)18-16(34)11-12-17(35)19(18)27(21)37/h8-12,33-35H,2-7,13H2,1H3. The van der Waals surface area contributed by atoms with E-state index in [1.165, 1.54) is 12.1 Å². The summed E-state index contributed by atoms with van der Waals surface area (Å²) in [7, 11) is 0. The number of para-hydroxylation sites is 1. The average molecular weight is 564 g/mol. The van der Waals surface area contributed by atoms with E-state index in [1.54, 1.807) is 6.07 Å². The van der Waals surface area contributed by atoms with Gasteiger partial charge in [-0.2, -0.15) is 0 Å². The number of carbonyl (C=O) groups is 2. The van der Waals surface area contributed by atoms with Gasteiger partial charge in [0.15, 0.2) is 17.4 Å². The Morgan fingerprint density at radius 3 is 1.87 bits per heavy atom. The van der Waals surface area contributed by atoms with E-state index in [1.807, 2.05) is 0 Å². The summed E-state index contributed by atoms with van der Waals surface area (Å²) < 4.78 is 37.8. The van der Waals surface area contributed by atoms with Crippen LogP contribution in [0.25, 0.3) is 0 Å². The molecule has 1 aliphatic carbocycles. The molecule has 0 unspecified atom stereocenters.